The third-order valence-electron chi connectivity index (χ3n) is 5.78. The van der Waals surface area contributed by atoms with E-state index in [4.69, 9.17) is 25.9 Å². The lowest BCUT2D eigenvalue weighted by atomic mass is 10.00. The van der Waals surface area contributed by atoms with Crippen LogP contribution >= 0.6 is 0 Å². The van der Waals surface area contributed by atoms with Crippen LogP contribution < -0.4 is 26.3 Å². The molecule has 2 aromatic carbocycles. The number of para-hydroxylation sites is 1. The Bertz CT molecular complexity index is 1420. The number of hydrogen-bond acceptors (Lipinski definition) is 6. The van der Waals surface area contributed by atoms with E-state index >= 15 is 0 Å². The van der Waals surface area contributed by atoms with Crippen molar-refractivity contribution in [1.29, 1.82) is 0 Å². The van der Waals surface area contributed by atoms with E-state index in [0.29, 0.717) is 29.2 Å². The van der Waals surface area contributed by atoms with Gasteiger partial charge in [0, 0.05) is 23.5 Å². The standard InChI is InChI=1S/C27H29N5O4/c1-4-18-12-19(35-14-21(28)33)13-20(36-15-22(29)34)24(18)26-27(32-11-6-5-10-23(32)30-26)31-25-16(2)8-7-9-17(25)3/h5-13,31H,4,14-15H2,1-3H3,(H2,28,33)(H2,29,34). The number of primary amides is 2. The number of aryl methyl sites for hydroxylation is 3. The lowest BCUT2D eigenvalue weighted by Gasteiger charge is -2.18. The van der Waals surface area contributed by atoms with Gasteiger partial charge in [-0.3, -0.25) is 14.0 Å². The van der Waals surface area contributed by atoms with Crippen molar-refractivity contribution < 1.29 is 19.1 Å². The Morgan fingerprint density at radius 1 is 0.972 bits per heavy atom. The van der Waals surface area contributed by atoms with Gasteiger partial charge in [-0.15, -0.1) is 0 Å². The summed E-state index contributed by atoms with van der Waals surface area (Å²) in [5.41, 5.74) is 16.7. The predicted octanol–water partition coefficient (Wildman–Crippen LogP) is 3.65. The predicted molar refractivity (Wildman–Crippen MR) is 139 cm³/mol. The molecule has 2 heterocycles. The summed E-state index contributed by atoms with van der Waals surface area (Å²) in [7, 11) is 0. The summed E-state index contributed by atoms with van der Waals surface area (Å²) in [5.74, 6) is 0.276. The van der Waals surface area contributed by atoms with Crippen LogP contribution in [-0.4, -0.2) is 34.4 Å². The first-order valence-electron chi connectivity index (χ1n) is 11.6. The summed E-state index contributed by atoms with van der Waals surface area (Å²) in [6.07, 6.45) is 2.54. The lowest BCUT2D eigenvalue weighted by Crippen LogP contribution is -2.21. The molecule has 0 aliphatic heterocycles. The molecular formula is C27H29N5O4. The number of pyridine rings is 1. The number of hydrogen-bond donors (Lipinski definition) is 3. The summed E-state index contributed by atoms with van der Waals surface area (Å²) >= 11 is 0. The van der Waals surface area contributed by atoms with E-state index in [-0.39, 0.29) is 13.2 Å². The van der Waals surface area contributed by atoms with E-state index in [1.807, 2.05) is 73.8 Å². The van der Waals surface area contributed by atoms with Gasteiger partial charge < -0.3 is 26.3 Å². The smallest absolute Gasteiger partial charge is 0.255 e. The molecule has 2 amide bonds. The van der Waals surface area contributed by atoms with Crippen molar-refractivity contribution in [3.63, 3.8) is 0 Å². The molecule has 2 aromatic heterocycles. The number of ether oxygens (including phenoxy) is 2. The highest BCUT2D eigenvalue weighted by molar-refractivity contribution is 5.86. The number of fused-ring (bicyclic) bond motifs is 1. The third kappa shape index (κ3) is 5.10. The molecule has 4 aromatic rings. The summed E-state index contributed by atoms with van der Waals surface area (Å²) in [4.78, 5) is 27.8. The molecule has 9 heteroatoms. The molecule has 0 atom stereocenters. The first kappa shape index (κ1) is 24.6. The Hall–Kier alpha value is -4.53. The molecule has 9 nitrogen and oxygen atoms in total. The van der Waals surface area contributed by atoms with Crippen LogP contribution in [0.3, 0.4) is 0 Å². The highest BCUT2D eigenvalue weighted by Gasteiger charge is 2.23. The van der Waals surface area contributed by atoms with Gasteiger partial charge in [0.25, 0.3) is 11.8 Å². The fraction of sp³-hybridized carbons (Fsp3) is 0.222. The molecule has 4 rings (SSSR count). The molecule has 0 fully saturated rings. The second-order valence-corrected chi connectivity index (χ2v) is 8.45. The second-order valence-electron chi connectivity index (χ2n) is 8.45. The van der Waals surface area contributed by atoms with Crippen molar-refractivity contribution >= 4 is 29.0 Å². The average Bonchev–Trinajstić information content (AvgIpc) is 3.21. The molecule has 0 saturated heterocycles. The molecule has 0 aliphatic rings. The van der Waals surface area contributed by atoms with Gasteiger partial charge in [0.15, 0.2) is 13.2 Å². The number of rotatable bonds is 10. The number of nitrogens with two attached hydrogens (primary N) is 2. The van der Waals surface area contributed by atoms with Crippen LogP contribution in [0.2, 0.25) is 0 Å². The van der Waals surface area contributed by atoms with Gasteiger partial charge in [0.2, 0.25) is 0 Å². The van der Waals surface area contributed by atoms with Gasteiger partial charge in [0.05, 0.1) is 0 Å². The molecule has 0 radical (unpaired) electrons. The van der Waals surface area contributed by atoms with E-state index in [9.17, 15) is 9.59 Å². The Morgan fingerprint density at radius 2 is 1.67 bits per heavy atom. The molecule has 0 spiro atoms. The normalized spacial score (nSPS) is 10.9. The van der Waals surface area contributed by atoms with Crippen LogP contribution in [-0.2, 0) is 16.0 Å². The van der Waals surface area contributed by atoms with Crippen molar-refractivity contribution in [1.82, 2.24) is 9.38 Å². The molecule has 186 valence electrons. The summed E-state index contributed by atoms with van der Waals surface area (Å²) < 4.78 is 13.4. The van der Waals surface area contributed by atoms with E-state index < -0.39 is 11.8 Å². The minimum atomic E-state index is -0.619. The van der Waals surface area contributed by atoms with Crippen molar-refractivity contribution in [2.45, 2.75) is 27.2 Å². The summed E-state index contributed by atoms with van der Waals surface area (Å²) in [6, 6.07) is 15.3. The Morgan fingerprint density at radius 3 is 2.33 bits per heavy atom. The van der Waals surface area contributed by atoms with Crippen molar-refractivity contribution in [3.8, 4) is 22.8 Å². The number of amides is 2. The van der Waals surface area contributed by atoms with Gasteiger partial charge in [-0.05, 0) is 55.2 Å². The van der Waals surface area contributed by atoms with Crippen molar-refractivity contribution in [3.05, 3.63) is 71.4 Å². The van der Waals surface area contributed by atoms with Gasteiger partial charge >= 0.3 is 0 Å². The molecule has 36 heavy (non-hydrogen) atoms. The Labute approximate surface area is 209 Å². The minimum Gasteiger partial charge on any atom is -0.484 e. The molecule has 0 saturated carbocycles. The maximum atomic E-state index is 11.6. The van der Waals surface area contributed by atoms with Crippen molar-refractivity contribution in [2.24, 2.45) is 11.5 Å². The first-order valence-corrected chi connectivity index (χ1v) is 11.6. The van der Waals surface area contributed by atoms with Crippen LogP contribution in [0.15, 0.2) is 54.7 Å². The van der Waals surface area contributed by atoms with Gasteiger partial charge in [-0.1, -0.05) is 31.2 Å². The zero-order chi connectivity index (χ0) is 25.8. The number of aromatic nitrogens is 2. The van der Waals surface area contributed by atoms with Crippen LogP contribution in [0.4, 0.5) is 11.5 Å². The zero-order valence-corrected chi connectivity index (χ0v) is 20.5. The maximum absolute atomic E-state index is 11.6. The van der Waals surface area contributed by atoms with E-state index in [1.54, 1.807) is 6.07 Å². The fourth-order valence-electron chi connectivity index (χ4n) is 4.11. The van der Waals surface area contributed by atoms with Crippen molar-refractivity contribution in [2.75, 3.05) is 18.5 Å². The van der Waals surface area contributed by atoms with E-state index in [2.05, 4.69) is 5.32 Å². The average molecular weight is 488 g/mol. The summed E-state index contributed by atoms with van der Waals surface area (Å²) in [6.45, 7) is 5.46. The highest BCUT2D eigenvalue weighted by Crippen LogP contribution is 2.42. The first-order chi connectivity index (χ1) is 17.3. The SMILES string of the molecule is CCc1cc(OCC(N)=O)cc(OCC(N)=O)c1-c1nc2ccccn2c1Nc1c(C)cccc1C. The van der Waals surface area contributed by atoms with Crippen LogP contribution in [0.1, 0.15) is 23.6 Å². The lowest BCUT2D eigenvalue weighted by molar-refractivity contribution is -0.120. The third-order valence-corrected chi connectivity index (χ3v) is 5.78. The van der Waals surface area contributed by atoms with Crippen LogP contribution in [0, 0.1) is 13.8 Å². The molecule has 0 aliphatic carbocycles. The maximum Gasteiger partial charge on any atom is 0.255 e. The van der Waals surface area contributed by atoms with Gasteiger partial charge in [0.1, 0.15) is 28.7 Å². The van der Waals surface area contributed by atoms with Crippen LogP contribution in [0.5, 0.6) is 11.5 Å². The molecule has 0 unspecified atom stereocenters. The van der Waals surface area contributed by atoms with E-state index in [1.165, 1.54) is 0 Å². The largest absolute Gasteiger partial charge is 0.484 e. The Kier molecular flexibility index (Phi) is 7.10. The summed E-state index contributed by atoms with van der Waals surface area (Å²) in [5, 5.41) is 3.59. The number of carbonyl (C=O) groups is 2. The number of anilines is 2. The second kappa shape index (κ2) is 10.4. The van der Waals surface area contributed by atoms with Gasteiger partial charge in [-0.2, -0.15) is 0 Å². The van der Waals surface area contributed by atoms with Crippen LogP contribution in [0.25, 0.3) is 16.9 Å². The number of benzene rings is 2. The fourth-order valence-corrected chi connectivity index (χ4v) is 4.11. The molecular weight excluding hydrogens is 458 g/mol. The highest BCUT2D eigenvalue weighted by atomic mass is 16.5. The quantitative estimate of drug-likeness (QED) is 0.313. The number of carbonyl (C=O) groups excluding carboxylic acids is 2. The minimum absolute atomic E-state index is 0.286. The molecule has 5 N–H and O–H groups in total. The molecule has 0 bridgehead atoms. The Balaban J connectivity index is 1.95. The topological polar surface area (TPSA) is 134 Å². The number of nitrogens with one attached hydrogen (secondary N) is 1. The zero-order valence-electron chi connectivity index (χ0n) is 20.5. The van der Waals surface area contributed by atoms with Gasteiger partial charge in [-0.25, -0.2) is 4.98 Å². The monoisotopic (exact) mass is 487 g/mol. The number of nitrogens with zero attached hydrogens (tertiary/aromatic N) is 2. The number of imidazole rings is 1. The van der Waals surface area contributed by atoms with E-state index in [0.717, 1.165) is 33.8 Å².